The Labute approximate surface area is 137 Å². The fourth-order valence-electron chi connectivity index (χ4n) is 2.28. The summed E-state index contributed by atoms with van der Waals surface area (Å²) in [6.07, 6.45) is -4.03. The number of nitrogens with one attached hydrogen (secondary N) is 1. The van der Waals surface area contributed by atoms with E-state index in [1.165, 1.54) is 18.2 Å². The first-order valence-electron chi connectivity index (χ1n) is 7.05. The number of amides is 1. The van der Waals surface area contributed by atoms with E-state index in [1.54, 1.807) is 24.3 Å². The van der Waals surface area contributed by atoms with Crippen molar-refractivity contribution >= 4 is 17.5 Å². The molecule has 0 aliphatic carbocycles. The van der Waals surface area contributed by atoms with Gasteiger partial charge in [-0.1, -0.05) is 42.8 Å². The first kappa shape index (κ1) is 17.3. The summed E-state index contributed by atoms with van der Waals surface area (Å²) >= 11 is 5.82. The number of carbonyl (C=O) groups excluding carboxylic acids is 1. The molecule has 122 valence electrons. The Kier molecular flexibility index (Phi) is 5.31. The molecular weight excluding hydrogens is 327 g/mol. The number of hydrogen-bond acceptors (Lipinski definition) is 1. The molecule has 2 nitrogen and oxygen atoms in total. The maximum absolute atomic E-state index is 13.0. The molecule has 1 atom stereocenters. The molecule has 0 radical (unpaired) electrons. The van der Waals surface area contributed by atoms with Crippen molar-refractivity contribution in [2.45, 2.75) is 25.6 Å². The van der Waals surface area contributed by atoms with Crippen LogP contribution in [-0.2, 0) is 6.18 Å². The van der Waals surface area contributed by atoms with Gasteiger partial charge in [0.2, 0.25) is 0 Å². The molecule has 0 saturated carbocycles. The van der Waals surface area contributed by atoms with E-state index >= 15 is 0 Å². The lowest BCUT2D eigenvalue weighted by Gasteiger charge is -2.19. The number of alkyl halides is 3. The second kappa shape index (κ2) is 7.04. The molecule has 2 rings (SSSR count). The van der Waals surface area contributed by atoms with Crippen LogP contribution in [0.5, 0.6) is 0 Å². The summed E-state index contributed by atoms with van der Waals surface area (Å²) in [6, 6.07) is 11.2. The summed E-state index contributed by atoms with van der Waals surface area (Å²) in [7, 11) is 0. The van der Waals surface area contributed by atoms with Gasteiger partial charge in [-0.15, -0.1) is 0 Å². The Balaban J connectivity index is 2.26. The molecule has 0 aliphatic rings. The summed E-state index contributed by atoms with van der Waals surface area (Å²) in [5.74, 6) is -0.750. The molecule has 0 aromatic heterocycles. The molecule has 0 heterocycles. The van der Waals surface area contributed by atoms with Crippen molar-refractivity contribution in [1.82, 2.24) is 5.32 Å². The first-order chi connectivity index (χ1) is 10.8. The maximum atomic E-state index is 13.0. The largest absolute Gasteiger partial charge is 0.417 e. The van der Waals surface area contributed by atoms with Gasteiger partial charge in [0.05, 0.1) is 17.2 Å². The molecule has 1 amide bonds. The topological polar surface area (TPSA) is 29.1 Å². The highest BCUT2D eigenvalue weighted by Gasteiger charge is 2.35. The zero-order valence-corrected chi connectivity index (χ0v) is 13.1. The molecule has 2 aromatic carbocycles. The quantitative estimate of drug-likeness (QED) is 0.809. The van der Waals surface area contributed by atoms with E-state index in [2.05, 4.69) is 5.32 Å². The van der Waals surface area contributed by atoms with E-state index in [4.69, 9.17) is 11.6 Å². The third-order valence-electron chi connectivity index (χ3n) is 3.46. The van der Waals surface area contributed by atoms with Crippen LogP contribution in [0.3, 0.4) is 0 Å². The summed E-state index contributed by atoms with van der Waals surface area (Å²) in [5.41, 5.74) is -0.536. The number of benzene rings is 2. The fraction of sp³-hybridized carbons (Fsp3) is 0.235. The summed E-state index contributed by atoms with van der Waals surface area (Å²) in [5, 5.41) is 3.20. The average molecular weight is 342 g/mol. The lowest BCUT2D eigenvalue weighted by molar-refractivity contribution is -0.137. The fourth-order valence-corrected chi connectivity index (χ4v) is 2.41. The van der Waals surface area contributed by atoms with Crippen LogP contribution in [-0.4, -0.2) is 5.91 Å². The highest BCUT2D eigenvalue weighted by atomic mass is 35.5. The normalized spacial score (nSPS) is 12.7. The lowest BCUT2D eigenvalue weighted by atomic mass is 10.0. The molecule has 0 saturated heterocycles. The van der Waals surface area contributed by atoms with E-state index in [0.717, 1.165) is 11.6 Å². The van der Waals surface area contributed by atoms with E-state index in [1.807, 2.05) is 6.92 Å². The smallest absolute Gasteiger partial charge is 0.345 e. The molecule has 0 aliphatic heterocycles. The van der Waals surface area contributed by atoms with Crippen molar-refractivity contribution in [2.24, 2.45) is 0 Å². The zero-order valence-electron chi connectivity index (χ0n) is 12.3. The number of rotatable bonds is 4. The number of hydrogen-bond donors (Lipinski definition) is 1. The van der Waals surface area contributed by atoms with Gasteiger partial charge in [0, 0.05) is 5.02 Å². The predicted molar refractivity (Wildman–Crippen MR) is 83.4 cm³/mol. The average Bonchev–Trinajstić information content (AvgIpc) is 2.52. The van der Waals surface area contributed by atoms with Crippen molar-refractivity contribution in [2.75, 3.05) is 0 Å². The molecule has 6 heteroatoms. The third kappa shape index (κ3) is 4.26. The number of halogens is 4. The Bertz CT molecular complexity index is 683. The molecule has 2 aromatic rings. The van der Waals surface area contributed by atoms with Crippen LogP contribution in [0.2, 0.25) is 5.02 Å². The maximum Gasteiger partial charge on any atom is 0.417 e. The van der Waals surface area contributed by atoms with E-state index in [0.29, 0.717) is 11.4 Å². The second-order valence-electron chi connectivity index (χ2n) is 5.03. The highest BCUT2D eigenvalue weighted by Crippen LogP contribution is 2.32. The molecule has 0 unspecified atom stereocenters. The van der Waals surface area contributed by atoms with E-state index in [9.17, 15) is 18.0 Å². The minimum absolute atomic E-state index is 0.382. The standard InChI is InChI=1S/C17H15ClF3NO/c1-2-15(11-7-9-12(18)10-8-11)22-16(23)13-5-3-4-6-14(13)17(19,20)21/h3-10,15H,2H2,1H3,(H,22,23)/t15-/m0/s1. The SMILES string of the molecule is CC[C@H](NC(=O)c1ccccc1C(F)(F)F)c1ccc(Cl)cc1. The van der Waals surface area contributed by atoms with Gasteiger partial charge < -0.3 is 5.32 Å². The third-order valence-corrected chi connectivity index (χ3v) is 3.72. The van der Waals surface area contributed by atoms with Gasteiger partial charge in [0.15, 0.2) is 0 Å². The summed E-state index contributed by atoms with van der Waals surface area (Å²) in [4.78, 5) is 12.3. The molecule has 0 bridgehead atoms. The highest BCUT2D eigenvalue weighted by molar-refractivity contribution is 6.30. The van der Waals surface area contributed by atoms with Crippen molar-refractivity contribution < 1.29 is 18.0 Å². The van der Waals surface area contributed by atoms with Crippen LogP contribution in [0.1, 0.15) is 40.9 Å². The first-order valence-corrected chi connectivity index (χ1v) is 7.43. The van der Waals surface area contributed by atoms with Crippen LogP contribution in [0.15, 0.2) is 48.5 Å². The second-order valence-corrected chi connectivity index (χ2v) is 5.47. The van der Waals surface area contributed by atoms with Gasteiger partial charge in [-0.3, -0.25) is 4.79 Å². The van der Waals surface area contributed by atoms with Gasteiger partial charge in [-0.2, -0.15) is 13.2 Å². The zero-order chi connectivity index (χ0) is 17.0. The molecule has 0 spiro atoms. The molecular formula is C17H15ClF3NO. The van der Waals surface area contributed by atoms with Crippen LogP contribution < -0.4 is 5.32 Å². The van der Waals surface area contributed by atoms with Crippen molar-refractivity contribution in [1.29, 1.82) is 0 Å². The predicted octanol–water partition coefficient (Wildman–Crippen LogP) is 5.24. The van der Waals surface area contributed by atoms with Gasteiger partial charge in [0.25, 0.3) is 5.91 Å². The van der Waals surface area contributed by atoms with Crippen molar-refractivity contribution in [3.63, 3.8) is 0 Å². The van der Waals surface area contributed by atoms with Crippen molar-refractivity contribution in [3.8, 4) is 0 Å². The van der Waals surface area contributed by atoms with Crippen LogP contribution in [0.25, 0.3) is 0 Å². The van der Waals surface area contributed by atoms with E-state index in [-0.39, 0.29) is 11.6 Å². The van der Waals surface area contributed by atoms with Gasteiger partial charge >= 0.3 is 6.18 Å². The van der Waals surface area contributed by atoms with E-state index < -0.39 is 17.6 Å². The minimum Gasteiger partial charge on any atom is -0.345 e. The van der Waals surface area contributed by atoms with Gasteiger partial charge in [-0.25, -0.2) is 0 Å². The van der Waals surface area contributed by atoms with Gasteiger partial charge in [-0.05, 0) is 36.2 Å². The lowest BCUT2D eigenvalue weighted by Crippen LogP contribution is -2.30. The monoisotopic (exact) mass is 341 g/mol. The Morgan fingerprint density at radius 1 is 1.13 bits per heavy atom. The van der Waals surface area contributed by atoms with Gasteiger partial charge in [0.1, 0.15) is 0 Å². The minimum atomic E-state index is -4.57. The Morgan fingerprint density at radius 3 is 2.30 bits per heavy atom. The molecule has 23 heavy (non-hydrogen) atoms. The molecule has 0 fully saturated rings. The summed E-state index contributed by atoms with van der Waals surface area (Å²) < 4.78 is 39.0. The summed E-state index contributed by atoms with van der Waals surface area (Å²) in [6.45, 7) is 1.84. The van der Waals surface area contributed by atoms with Crippen LogP contribution >= 0.6 is 11.6 Å². The Hall–Kier alpha value is -2.01. The Morgan fingerprint density at radius 2 is 1.74 bits per heavy atom. The van der Waals surface area contributed by atoms with Crippen molar-refractivity contribution in [3.05, 3.63) is 70.2 Å². The number of carbonyl (C=O) groups is 1. The molecule has 1 N–H and O–H groups in total. The van der Waals surface area contributed by atoms with Crippen LogP contribution in [0, 0.1) is 0 Å². The van der Waals surface area contributed by atoms with Crippen LogP contribution in [0.4, 0.5) is 13.2 Å².